The van der Waals surface area contributed by atoms with E-state index >= 15 is 0 Å². The largest absolute Gasteiger partial charge is 0.610 e. The molecule has 2 aliphatic heterocycles. The predicted molar refractivity (Wildman–Crippen MR) is 141 cm³/mol. The lowest BCUT2D eigenvalue weighted by molar-refractivity contribution is 0.0720. The highest BCUT2D eigenvalue weighted by molar-refractivity contribution is 7.97. The summed E-state index contributed by atoms with van der Waals surface area (Å²) >= 11 is 0. The molecular formula is C30H33NO4S. The Morgan fingerprint density at radius 2 is 1.58 bits per heavy atom. The van der Waals surface area contributed by atoms with Crippen molar-refractivity contribution in [2.24, 2.45) is 5.92 Å². The van der Waals surface area contributed by atoms with Gasteiger partial charge in [0.2, 0.25) is 0 Å². The first-order valence-corrected chi connectivity index (χ1v) is 14.4. The number of hydrogen-bond acceptors (Lipinski definition) is 5. The highest BCUT2D eigenvalue weighted by atomic mass is 32.3. The first-order chi connectivity index (χ1) is 17.5. The molecule has 188 valence electrons. The second-order valence-electron chi connectivity index (χ2n) is 10.0. The normalized spacial score (nSPS) is 18.4. The first kappa shape index (κ1) is 25.0. The van der Waals surface area contributed by atoms with Gasteiger partial charge in [-0.3, -0.25) is 9.69 Å². The topological polar surface area (TPSA) is 69.7 Å². The number of carbonyl (C=O) groups is 1. The SMILES string of the molecule is O=C(Cc1ccc([S+](=O)([O-])CC2CCOCC2)cc1)c1ccc(CN2CCc3ccccc3C2)cc1. The maximum atomic E-state index is 12.9. The second kappa shape index (κ2) is 11.2. The Morgan fingerprint density at radius 1 is 0.917 bits per heavy atom. The molecule has 6 heteroatoms. The number of fused-ring (bicyclic) bond motifs is 1. The summed E-state index contributed by atoms with van der Waals surface area (Å²) in [6.07, 6.45) is 2.90. The van der Waals surface area contributed by atoms with Gasteiger partial charge in [0.25, 0.3) is 0 Å². The van der Waals surface area contributed by atoms with Gasteiger partial charge in [0, 0.05) is 50.8 Å². The smallest absolute Gasteiger partial charge is 0.167 e. The van der Waals surface area contributed by atoms with Gasteiger partial charge in [-0.05, 0) is 53.6 Å². The van der Waals surface area contributed by atoms with Gasteiger partial charge in [-0.2, -0.15) is 0 Å². The molecule has 5 rings (SSSR count). The summed E-state index contributed by atoms with van der Waals surface area (Å²) in [7, 11) is -3.34. The molecule has 36 heavy (non-hydrogen) atoms. The summed E-state index contributed by atoms with van der Waals surface area (Å²) in [5.74, 6) is 0.343. The Hall–Kier alpha value is -2.64. The van der Waals surface area contributed by atoms with E-state index in [1.165, 1.54) is 16.7 Å². The molecule has 0 amide bonds. The molecular weight excluding hydrogens is 470 g/mol. The van der Waals surface area contributed by atoms with Crippen LogP contribution in [-0.4, -0.2) is 40.7 Å². The highest BCUT2D eigenvalue weighted by Gasteiger charge is 2.27. The van der Waals surface area contributed by atoms with Crippen LogP contribution in [0.25, 0.3) is 0 Å². The van der Waals surface area contributed by atoms with Crippen LogP contribution >= 0.6 is 0 Å². The Kier molecular flexibility index (Phi) is 7.77. The molecule has 2 aliphatic rings. The standard InChI is InChI=1S/C30H33NO4S/c32-30(19-23-7-11-29(12-8-23)36(33,34)22-25-14-17-35-18-15-25)27-9-5-24(6-10-27)20-31-16-13-26-3-1-2-4-28(26)21-31/h1-12,25H,13-22H2. The van der Waals surface area contributed by atoms with Crippen LogP contribution in [0.2, 0.25) is 0 Å². The maximum absolute atomic E-state index is 12.9. The summed E-state index contributed by atoms with van der Waals surface area (Å²) in [5.41, 5.74) is 5.54. The zero-order valence-electron chi connectivity index (χ0n) is 20.6. The van der Waals surface area contributed by atoms with Crippen molar-refractivity contribution in [3.05, 3.63) is 101 Å². The van der Waals surface area contributed by atoms with Crippen LogP contribution in [0.15, 0.2) is 77.7 Å². The van der Waals surface area contributed by atoms with Gasteiger partial charge >= 0.3 is 0 Å². The second-order valence-corrected chi connectivity index (χ2v) is 12.0. The summed E-state index contributed by atoms with van der Waals surface area (Å²) < 4.78 is 30.9. The summed E-state index contributed by atoms with van der Waals surface area (Å²) in [4.78, 5) is 15.6. The van der Waals surface area contributed by atoms with Gasteiger partial charge in [-0.1, -0.05) is 60.7 Å². The third-order valence-electron chi connectivity index (χ3n) is 7.33. The van der Waals surface area contributed by atoms with E-state index in [0.29, 0.717) is 23.7 Å². The van der Waals surface area contributed by atoms with E-state index in [0.717, 1.165) is 44.5 Å². The molecule has 3 aromatic carbocycles. The van der Waals surface area contributed by atoms with Crippen molar-refractivity contribution >= 4 is 16.0 Å². The highest BCUT2D eigenvalue weighted by Crippen LogP contribution is 2.26. The number of carbonyl (C=O) groups excluding carboxylic acids is 1. The number of ketones is 1. The number of ether oxygens (including phenoxy) is 1. The maximum Gasteiger partial charge on any atom is 0.167 e. The van der Waals surface area contributed by atoms with Crippen LogP contribution in [0.1, 0.15) is 45.5 Å². The van der Waals surface area contributed by atoms with Crippen LogP contribution in [0, 0.1) is 5.92 Å². The van der Waals surface area contributed by atoms with Crippen LogP contribution in [0.5, 0.6) is 0 Å². The average molecular weight is 504 g/mol. The van der Waals surface area contributed by atoms with Crippen molar-refractivity contribution in [1.82, 2.24) is 4.90 Å². The first-order valence-electron chi connectivity index (χ1n) is 12.8. The fraction of sp³-hybridized carbons (Fsp3) is 0.367. The summed E-state index contributed by atoms with van der Waals surface area (Å²) in [6.45, 7) is 4.13. The van der Waals surface area contributed by atoms with Crippen molar-refractivity contribution in [3.63, 3.8) is 0 Å². The molecule has 0 radical (unpaired) electrons. The molecule has 1 unspecified atom stereocenters. The molecule has 5 nitrogen and oxygen atoms in total. The van der Waals surface area contributed by atoms with Gasteiger partial charge in [-0.25, -0.2) is 0 Å². The Bertz CT molecular complexity index is 1230. The fourth-order valence-electron chi connectivity index (χ4n) is 5.17. The van der Waals surface area contributed by atoms with Crippen LogP contribution in [0.4, 0.5) is 0 Å². The number of sulfone groups is 1. The molecule has 1 saturated heterocycles. The fourth-order valence-corrected chi connectivity index (χ4v) is 6.86. The number of rotatable bonds is 8. The van der Waals surface area contributed by atoms with Crippen molar-refractivity contribution in [2.45, 2.75) is 43.7 Å². The third kappa shape index (κ3) is 6.19. The van der Waals surface area contributed by atoms with Gasteiger partial charge < -0.3 is 9.29 Å². The minimum Gasteiger partial charge on any atom is -0.610 e. The molecule has 0 aliphatic carbocycles. The van der Waals surface area contributed by atoms with Gasteiger partial charge in [0.15, 0.2) is 10.7 Å². The zero-order valence-corrected chi connectivity index (χ0v) is 21.4. The lowest BCUT2D eigenvalue weighted by atomic mass is 9.99. The van der Waals surface area contributed by atoms with E-state index in [4.69, 9.17) is 4.74 Å². The van der Waals surface area contributed by atoms with Crippen LogP contribution in [0.3, 0.4) is 0 Å². The van der Waals surface area contributed by atoms with Crippen molar-refractivity contribution in [3.8, 4) is 0 Å². The molecule has 2 heterocycles. The molecule has 0 aromatic heterocycles. The third-order valence-corrected chi connectivity index (χ3v) is 9.24. The minimum absolute atomic E-state index is 0.0336. The molecule has 0 spiro atoms. The summed E-state index contributed by atoms with van der Waals surface area (Å²) in [5, 5.41) is 0. The lowest BCUT2D eigenvalue weighted by Crippen LogP contribution is -2.29. The van der Waals surface area contributed by atoms with Gasteiger partial charge in [0.1, 0.15) is 5.75 Å². The van der Waals surface area contributed by atoms with Crippen molar-refractivity contribution in [1.29, 1.82) is 0 Å². The van der Waals surface area contributed by atoms with E-state index in [-0.39, 0.29) is 23.9 Å². The monoisotopic (exact) mass is 503 g/mol. The number of hydrogen-bond donors (Lipinski definition) is 0. The summed E-state index contributed by atoms with van der Waals surface area (Å²) in [6, 6.07) is 23.3. The molecule has 0 saturated carbocycles. The quantitative estimate of drug-likeness (QED) is 0.317. The van der Waals surface area contributed by atoms with Gasteiger partial charge in [-0.15, -0.1) is 4.21 Å². The van der Waals surface area contributed by atoms with E-state index in [2.05, 4.69) is 29.2 Å². The molecule has 1 fully saturated rings. The molecule has 3 aromatic rings. The average Bonchev–Trinajstić information content (AvgIpc) is 2.90. The Balaban J connectivity index is 1.15. The van der Waals surface area contributed by atoms with E-state index in [9.17, 15) is 13.6 Å². The Morgan fingerprint density at radius 3 is 2.31 bits per heavy atom. The molecule has 1 atom stereocenters. The predicted octanol–water partition coefficient (Wildman–Crippen LogP) is 5.09. The van der Waals surface area contributed by atoms with Crippen LogP contribution < -0.4 is 0 Å². The minimum atomic E-state index is -3.34. The van der Waals surface area contributed by atoms with Crippen molar-refractivity contribution in [2.75, 3.05) is 25.5 Å². The van der Waals surface area contributed by atoms with E-state index < -0.39 is 10.2 Å². The number of nitrogens with zero attached hydrogens (tertiary/aromatic N) is 1. The van der Waals surface area contributed by atoms with E-state index in [1.54, 1.807) is 24.3 Å². The lowest BCUT2D eigenvalue weighted by Gasteiger charge is -2.28. The Labute approximate surface area is 214 Å². The van der Waals surface area contributed by atoms with E-state index in [1.807, 2.05) is 24.3 Å². The van der Waals surface area contributed by atoms with Crippen molar-refractivity contribution < 1.29 is 18.3 Å². The van der Waals surface area contributed by atoms with Gasteiger partial charge in [0.05, 0.1) is 10.2 Å². The molecule has 0 N–H and O–H groups in total. The number of Topliss-reactive ketones (excluding diaryl/α,β-unsaturated/α-hetero) is 1. The zero-order chi connectivity index (χ0) is 25.0. The van der Waals surface area contributed by atoms with Crippen LogP contribution in [-0.2, 0) is 45.1 Å². The number of benzene rings is 3. The molecule has 0 bridgehead atoms.